The van der Waals surface area contributed by atoms with Crippen molar-refractivity contribution in [1.29, 1.82) is 0 Å². The molecule has 3 nitrogen and oxygen atoms in total. The molecule has 1 aromatic heterocycles. The van der Waals surface area contributed by atoms with Crippen molar-refractivity contribution in [2.24, 2.45) is 0 Å². The van der Waals surface area contributed by atoms with Gasteiger partial charge >= 0.3 is 0 Å². The quantitative estimate of drug-likeness (QED) is 0.845. The predicted molar refractivity (Wildman–Crippen MR) is 64.0 cm³/mol. The summed E-state index contributed by atoms with van der Waals surface area (Å²) >= 11 is 0. The Labute approximate surface area is 96.5 Å². The first-order valence-corrected chi connectivity index (χ1v) is 5.71. The van der Waals surface area contributed by atoms with Gasteiger partial charge in [0.05, 0.1) is 18.9 Å². The summed E-state index contributed by atoms with van der Waals surface area (Å²) in [6.45, 7) is 2.86. The van der Waals surface area contributed by atoms with Crippen molar-refractivity contribution in [3.8, 4) is 0 Å². The number of rotatable bonds is 3. The van der Waals surface area contributed by atoms with E-state index in [-0.39, 0.29) is 6.04 Å². The maximum Gasteiger partial charge on any atom is 0.0876 e. The highest BCUT2D eigenvalue weighted by Crippen LogP contribution is 2.27. The van der Waals surface area contributed by atoms with E-state index in [2.05, 4.69) is 22.4 Å². The first-order chi connectivity index (χ1) is 7.81. The topological polar surface area (TPSA) is 34.1 Å². The van der Waals surface area contributed by atoms with Crippen molar-refractivity contribution >= 4 is 0 Å². The van der Waals surface area contributed by atoms with Crippen molar-refractivity contribution in [3.63, 3.8) is 0 Å². The van der Waals surface area contributed by atoms with E-state index in [1.807, 2.05) is 26.4 Å². The summed E-state index contributed by atoms with van der Waals surface area (Å²) in [5.41, 5.74) is 3.63. The summed E-state index contributed by atoms with van der Waals surface area (Å²) in [5.74, 6) is 0. The van der Waals surface area contributed by atoms with Crippen LogP contribution in [-0.2, 0) is 4.74 Å². The monoisotopic (exact) mass is 218 g/mol. The van der Waals surface area contributed by atoms with Crippen LogP contribution in [0.1, 0.15) is 30.1 Å². The number of nitrogens with one attached hydrogen (secondary N) is 1. The van der Waals surface area contributed by atoms with Gasteiger partial charge in [-0.1, -0.05) is 0 Å². The van der Waals surface area contributed by atoms with Crippen molar-refractivity contribution in [1.82, 2.24) is 10.3 Å². The molecule has 16 heavy (non-hydrogen) atoms. The van der Waals surface area contributed by atoms with E-state index >= 15 is 0 Å². The highest BCUT2D eigenvalue weighted by atomic mass is 16.5. The average Bonchev–Trinajstić information content (AvgIpc) is 2.31. The molecule has 1 N–H and O–H groups in total. The van der Waals surface area contributed by atoms with Gasteiger partial charge in [0.25, 0.3) is 0 Å². The molecule has 0 saturated heterocycles. The summed E-state index contributed by atoms with van der Waals surface area (Å²) in [5, 5.41) is 3.34. The molecule has 86 valence electrons. The van der Waals surface area contributed by atoms with Crippen LogP contribution < -0.4 is 5.32 Å². The highest BCUT2D eigenvalue weighted by Gasteiger charge is 2.17. The van der Waals surface area contributed by atoms with Crippen LogP contribution in [0.25, 0.3) is 0 Å². The Kier molecular flexibility index (Phi) is 3.57. The van der Waals surface area contributed by atoms with Gasteiger partial charge < -0.3 is 10.1 Å². The van der Waals surface area contributed by atoms with Gasteiger partial charge in [0, 0.05) is 11.9 Å². The zero-order valence-corrected chi connectivity index (χ0v) is 9.86. The zero-order valence-electron chi connectivity index (χ0n) is 9.86. The van der Waals surface area contributed by atoms with Crippen LogP contribution >= 0.6 is 0 Å². The fourth-order valence-electron chi connectivity index (χ4n) is 2.11. The van der Waals surface area contributed by atoms with Crippen LogP contribution in [0.2, 0.25) is 0 Å². The van der Waals surface area contributed by atoms with Gasteiger partial charge in [0.15, 0.2) is 0 Å². The van der Waals surface area contributed by atoms with E-state index < -0.39 is 0 Å². The van der Waals surface area contributed by atoms with Crippen LogP contribution in [-0.4, -0.2) is 18.6 Å². The number of aromatic nitrogens is 1. The molecule has 1 unspecified atom stereocenters. The Morgan fingerprint density at radius 2 is 2.38 bits per heavy atom. The van der Waals surface area contributed by atoms with Gasteiger partial charge in [0.2, 0.25) is 0 Å². The van der Waals surface area contributed by atoms with Gasteiger partial charge in [-0.3, -0.25) is 4.98 Å². The largest absolute Gasteiger partial charge is 0.501 e. The second-order valence-corrected chi connectivity index (χ2v) is 4.12. The molecular formula is C13H18N2O. The molecule has 1 aromatic rings. The molecule has 2 rings (SSSR count). The zero-order chi connectivity index (χ0) is 11.4. The fourth-order valence-corrected chi connectivity index (χ4v) is 2.11. The lowest BCUT2D eigenvalue weighted by Crippen LogP contribution is -2.21. The van der Waals surface area contributed by atoms with Crippen molar-refractivity contribution < 1.29 is 4.74 Å². The summed E-state index contributed by atoms with van der Waals surface area (Å²) in [4.78, 5) is 4.22. The molecule has 1 atom stereocenters. The van der Waals surface area contributed by atoms with E-state index in [4.69, 9.17) is 4.74 Å². The molecule has 0 aliphatic carbocycles. The van der Waals surface area contributed by atoms with Crippen molar-refractivity contribution in [2.45, 2.75) is 25.8 Å². The fraction of sp³-hybridized carbons (Fsp3) is 0.462. The van der Waals surface area contributed by atoms with Gasteiger partial charge in [-0.25, -0.2) is 0 Å². The minimum atomic E-state index is 0.252. The minimum absolute atomic E-state index is 0.252. The predicted octanol–water partition coefficient (Wildman–Crippen LogP) is 2.34. The maximum atomic E-state index is 5.40. The van der Waals surface area contributed by atoms with E-state index in [0.717, 1.165) is 25.1 Å². The second kappa shape index (κ2) is 5.12. The smallest absolute Gasteiger partial charge is 0.0876 e. The third-order valence-corrected chi connectivity index (χ3v) is 2.88. The third-order valence-electron chi connectivity index (χ3n) is 2.88. The molecule has 0 amide bonds. The molecule has 0 saturated carbocycles. The number of nitrogens with zero attached hydrogens (tertiary/aromatic N) is 1. The van der Waals surface area contributed by atoms with Gasteiger partial charge in [0.1, 0.15) is 0 Å². The first kappa shape index (κ1) is 11.1. The second-order valence-electron chi connectivity index (χ2n) is 4.12. The molecule has 0 aromatic carbocycles. The first-order valence-electron chi connectivity index (χ1n) is 5.71. The summed E-state index contributed by atoms with van der Waals surface area (Å²) in [6, 6.07) is 4.43. The summed E-state index contributed by atoms with van der Waals surface area (Å²) in [7, 11) is 1.98. The van der Waals surface area contributed by atoms with Gasteiger partial charge in [-0.05, 0) is 50.1 Å². The molecule has 3 heteroatoms. The lowest BCUT2D eigenvalue weighted by atomic mass is 9.96. The number of ether oxygens (including phenoxy) is 1. The van der Waals surface area contributed by atoms with Crippen LogP contribution in [0.3, 0.4) is 0 Å². The van der Waals surface area contributed by atoms with E-state index in [0.29, 0.717) is 0 Å². The SMILES string of the molecule is CNC(C1=COCCC1)c1ccnc(C)c1. The molecule has 2 heterocycles. The lowest BCUT2D eigenvalue weighted by Gasteiger charge is -2.23. The third kappa shape index (κ3) is 2.42. The molecule has 1 aliphatic rings. The molecule has 0 fully saturated rings. The summed E-state index contributed by atoms with van der Waals surface area (Å²) < 4.78 is 5.40. The Morgan fingerprint density at radius 3 is 3.00 bits per heavy atom. The number of likely N-dealkylation sites (N-methyl/N-ethyl adjacent to an activating group) is 1. The Morgan fingerprint density at radius 1 is 1.50 bits per heavy atom. The standard InChI is InChI=1S/C13H18N2O/c1-10-8-11(5-6-15-10)13(14-2)12-4-3-7-16-9-12/h5-6,8-9,13-14H,3-4,7H2,1-2H3. The molecule has 0 radical (unpaired) electrons. The van der Waals surface area contributed by atoms with E-state index in [1.165, 1.54) is 11.1 Å². The van der Waals surface area contributed by atoms with Crippen molar-refractivity contribution in [3.05, 3.63) is 41.4 Å². The normalized spacial score (nSPS) is 17.5. The van der Waals surface area contributed by atoms with Crippen LogP contribution in [0.5, 0.6) is 0 Å². The Bertz CT molecular complexity index is 387. The average molecular weight is 218 g/mol. The van der Waals surface area contributed by atoms with Crippen LogP contribution in [0.4, 0.5) is 0 Å². The number of aryl methyl sites for hydroxylation is 1. The minimum Gasteiger partial charge on any atom is -0.501 e. The maximum absolute atomic E-state index is 5.40. The lowest BCUT2D eigenvalue weighted by molar-refractivity contribution is 0.220. The van der Waals surface area contributed by atoms with Crippen LogP contribution in [0, 0.1) is 6.92 Å². The number of hydrogen-bond acceptors (Lipinski definition) is 3. The van der Waals surface area contributed by atoms with E-state index in [9.17, 15) is 0 Å². The van der Waals surface area contributed by atoms with Gasteiger partial charge in [-0.2, -0.15) is 0 Å². The highest BCUT2D eigenvalue weighted by molar-refractivity contribution is 5.28. The number of pyridine rings is 1. The van der Waals surface area contributed by atoms with E-state index in [1.54, 1.807) is 0 Å². The Balaban J connectivity index is 2.25. The van der Waals surface area contributed by atoms with Crippen molar-refractivity contribution in [2.75, 3.05) is 13.7 Å². The van der Waals surface area contributed by atoms with Gasteiger partial charge in [-0.15, -0.1) is 0 Å². The molecule has 1 aliphatic heterocycles. The summed E-state index contributed by atoms with van der Waals surface area (Å²) in [6.07, 6.45) is 5.97. The Hall–Kier alpha value is -1.35. The molecule has 0 spiro atoms. The number of hydrogen-bond donors (Lipinski definition) is 1. The molecular weight excluding hydrogens is 200 g/mol. The van der Waals surface area contributed by atoms with Crippen LogP contribution in [0.15, 0.2) is 30.2 Å². The molecule has 0 bridgehead atoms.